The highest BCUT2D eigenvalue weighted by atomic mass is 16.3. The molecule has 3 aromatic rings. The van der Waals surface area contributed by atoms with Gasteiger partial charge in [-0.25, -0.2) is 0 Å². The number of carbonyl (C=O) groups is 1. The monoisotopic (exact) mass is 484 g/mol. The number of aliphatic hydroxyl groups is 1. The first-order valence-electron chi connectivity index (χ1n) is 12.6. The molecule has 1 saturated heterocycles. The minimum atomic E-state index is -0.450. The maximum Gasteiger partial charge on any atom is 0.258 e. The lowest BCUT2D eigenvalue weighted by Crippen LogP contribution is -2.47. The summed E-state index contributed by atoms with van der Waals surface area (Å²) in [5.74, 6) is -0.815. The summed E-state index contributed by atoms with van der Waals surface area (Å²) in [4.78, 5) is 33.7. The van der Waals surface area contributed by atoms with E-state index in [1.807, 2.05) is 77.4 Å². The smallest absolute Gasteiger partial charge is 0.258 e. The van der Waals surface area contributed by atoms with E-state index >= 15 is 0 Å². The second-order valence-electron chi connectivity index (χ2n) is 9.53. The predicted molar refractivity (Wildman–Crippen MR) is 140 cm³/mol. The first-order valence-corrected chi connectivity index (χ1v) is 12.6. The highest BCUT2D eigenvalue weighted by Crippen LogP contribution is 2.48. The number of aliphatic hydroxyl groups excluding tert-OH is 1. The van der Waals surface area contributed by atoms with Crippen molar-refractivity contribution in [2.45, 2.75) is 38.5 Å². The van der Waals surface area contributed by atoms with Crippen molar-refractivity contribution >= 4 is 18.1 Å². The predicted octanol–water partition coefficient (Wildman–Crippen LogP) is 3.10. The number of carbonyl (C=O) groups excluding carboxylic acids is 1. The molecule has 2 N–H and O–H groups in total. The molecule has 7 heteroatoms. The third kappa shape index (κ3) is 4.52. The molecule has 5 rings (SSSR count). The first-order chi connectivity index (χ1) is 17.6. The number of amides is 1. The summed E-state index contributed by atoms with van der Waals surface area (Å²) in [6.45, 7) is 3.61. The van der Waals surface area contributed by atoms with Crippen LogP contribution in [-0.2, 0) is 17.9 Å². The highest BCUT2D eigenvalue weighted by molar-refractivity contribution is 5.80. The molecule has 2 aliphatic heterocycles. The SMILES string of the molecule is CCCN1[C@@H]2c3ccc(/C=C/c4ccccc4)c(=O)n3C[C@H]1[C@H](CO)[C@H]2C(=O)NCc1ccccn1. The van der Waals surface area contributed by atoms with E-state index in [4.69, 9.17) is 0 Å². The molecule has 4 atom stereocenters. The third-order valence-electron chi connectivity index (χ3n) is 7.41. The molecule has 1 aromatic carbocycles. The van der Waals surface area contributed by atoms with E-state index in [1.165, 1.54) is 0 Å². The Morgan fingerprint density at radius 1 is 1.11 bits per heavy atom. The lowest BCUT2D eigenvalue weighted by molar-refractivity contribution is -0.127. The number of aromatic nitrogens is 2. The highest BCUT2D eigenvalue weighted by Gasteiger charge is 2.55. The molecule has 1 amide bonds. The van der Waals surface area contributed by atoms with Crippen LogP contribution < -0.4 is 10.9 Å². The molecule has 2 bridgehead atoms. The Kier molecular flexibility index (Phi) is 7.11. The van der Waals surface area contributed by atoms with Gasteiger partial charge in [0.15, 0.2) is 0 Å². The lowest BCUT2D eigenvalue weighted by Gasteiger charge is -2.38. The molecule has 4 heterocycles. The molecule has 7 nitrogen and oxygen atoms in total. The van der Waals surface area contributed by atoms with Gasteiger partial charge in [0, 0.05) is 42.6 Å². The molecule has 2 aliphatic rings. The summed E-state index contributed by atoms with van der Waals surface area (Å²) in [5.41, 5.74) is 3.21. The molecule has 2 aromatic heterocycles. The molecular weight excluding hydrogens is 452 g/mol. The van der Waals surface area contributed by atoms with Gasteiger partial charge in [0.2, 0.25) is 5.91 Å². The molecule has 36 heavy (non-hydrogen) atoms. The average Bonchev–Trinajstić information content (AvgIpc) is 3.12. The van der Waals surface area contributed by atoms with Gasteiger partial charge in [-0.1, -0.05) is 49.4 Å². The van der Waals surface area contributed by atoms with Gasteiger partial charge in [-0.2, -0.15) is 0 Å². The van der Waals surface area contributed by atoms with Crippen molar-refractivity contribution in [3.63, 3.8) is 0 Å². The summed E-state index contributed by atoms with van der Waals surface area (Å²) in [7, 11) is 0. The zero-order valence-electron chi connectivity index (χ0n) is 20.5. The number of fused-ring (bicyclic) bond motifs is 4. The number of hydrogen-bond acceptors (Lipinski definition) is 5. The van der Waals surface area contributed by atoms with Gasteiger partial charge in [-0.3, -0.25) is 19.5 Å². The van der Waals surface area contributed by atoms with Crippen LogP contribution in [0.2, 0.25) is 0 Å². The number of rotatable bonds is 8. The van der Waals surface area contributed by atoms with E-state index in [1.54, 1.807) is 6.20 Å². The van der Waals surface area contributed by atoms with Gasteiger partial charge in [-0.05, 0) is 48.9 Å². The van der Waals surface area contributed by atoms with Gasteiger partial charge in [0.1, 0.15) is 0 Å². The minimum Gasteiger partial charge on any atom is -0.396 e. The van der Waals surface area contributed by atoms with Crippen LogP contribution in [0, 0.1) is 11.8 Å². The van der Waals surface area contributed by atoms with Crippen molar-refractivity contribution in [1.29, 1.82) is 0 Å². The molecule has 186 valence electrons. The zero-order chi connectivity index (χ0) is 25.1. The molecule has 0 unspecified atom stereocenters. The molecular formula is C29H32N4O3. The number of pyridine rings is 2. The first kappa shape index (κ1) is 24.2. The van der Waals surface area contributed by atoms with Crippen LogP contribution in [0.5, 0.6) is 0 Å². The molecule has 0 radical (unpaired) electrons. The maximum absolute atomic E-state index is 13.5. The van der Waals surface area contributed by atoms with Gasteiger partial charge in [-0.15, -0.1) is 0 Å². The summed E-state index contributed by atoms with van der Waals surface area (Å²) in [5, 5.41) is 13.4. The van der Waals surface area contributed by atoms with E-state index < -0.39 is 5.92 Å². The average molecular weight is 485 g/mol. The Bertz CT molecular complexity index is 1290. The molecule has 1 fully saturated rings. The van der Waals surface area contributed by atoms with Crippen LogP contribution in [0.15, 0.2) is 71.7 Å². The number of nitrogens with one attached hydrogen (secondary N) is 1. The maximum atomic E-state index is 13.5. The van der Waals surface area contributed by atoms with Gasteiger partial charge >= 0.3 is 0 Å². The Morgan fingerprint density at radius 3 is 2.64 bits per heavy atom. The molecule has 0 saturated carbocycles. The molecule has 0 spiro atoms. The fraction of sp³-hybridized carbons (Fsp3) is 0.345. The van der Waals surface area contributed by atoms with Gasteiger partial charge in [0.05, 0.1) is 24.2 Å². The van der Waals surface area contributed by atoms with Crippen molar-refractivity contribution in [3.8, 4) is 0 Å². The normalized spacial score (nSPS) is 23.1. The fourth-order valence-corrected chi connectivity index (χ4v) is 5.78. The second-order valence-corrected chi connectivity index (χ2v) is 9.53. The summed E-state index contributed by atoms with van der Waals surface area (Å²) >= 11 is 0. The Morgan fingerprint density at radius 2 is 1.92 bits per heavy atom. The Hall–Kier alpha value is -3.55. The summed E-state index contributed by atoms with van der Waals surface area (Å²) in [6, 6.07) is 19.0. The van der Waals surface area contributed by atoms with Gasteiger partial charge < -0.3 is 15.0 Å². The van der Waals surface area contributed by atoms with Crippen molar-refractivity contribution < 1.29 is 9.90 Å². The van der Waals surface area contributed by atoms with E-state index in [0.29, 0.717) is 18.7 Å². The van der Waals surface area contributed by atoms with E-state index in [9.17, 15) is 14.7 Å². The van der Waals surface area contributed by atoms with E-state index in [0.717, 1.165) is 29.9 Å². The van der Waals surface area contributed by atoms with Crippen LogP contribution in [0.4, 0.5) is 0 Å². The topological polar surface area (TPSA) is 87.5 Å². The van der Waals surface area contributed by atoms with Crippen LogP contribution in [-0.4, -0.2) is 44.7 Å². The summed E-state index contributed by atoms with van der Waals surface area (Å²) < 4.78 is 1.82. The minimum absolute atomic E-state index is 0.0583. The number of hydrogen-bond donors (Lipinski definition) is 2. The van der Waals surface area contributed by atoms with Crippen molar-refractivity contribution in [3.05, 3.63) is 99.7 Å². The van der Waals surface area contributed by atoms with Crippen molar-refractivity contribution in [2.75, 3.05) is 13.2 Å². The van der Waals surface area contributed by atoms with Gasteiger partial charge in [0.25, 0.3) is 5.56 Å². The number of benzene rings is 1. The van der Waals surface area contributed by atoms with Crippen LogP contribution in [0.1, 0.15) is 41.9 Å². The zero-order valence-corrected chi connectivity index (χ0v) is 20.5. The van der Waals surface area contributed by atoms with Crippen LogP contribution in [0.25, 0.3) is 12.2 Å². The standard InChI is InChI=1S/C29H32N4O3/c1-2-16-32-25-18-33-24(14-13-21(29(33)36)12-11-20-8-4-3-5-9-20)27(32)26(23(25)19-34)28(35)31-17-22-10-6-7-15-30-22/h3-15,23,25-27,34H,2,16-19H2,1H3,(H,31,35)/b12-11+/t23-,25-,26+,27+/m0/s1. The Balaban J connectivity index is 1.48. The van der Waals surface area contributed by atoms with Crippen molar-refractivity contribution in [1.82, 2.24) is 19.8 Å². The quantitative estimate of drug-likeness (QED) is 0.513. The van der Waals surface area contributed by atoms with Crippen LogP contribution in [0.3, 0.4) is 0 Å². The van der Waals surface area contributed by atoms with E-state index in [-0.39, 0.29) is 36.1 Å². The third-order valence-corrected chi connectivity index (χ3v) is 7.41. The Labute approximate surface area is 211 Å². The molecule has 0 aliphatic carbocycles. The largest absolute Gasteiger partial charge is 0.396 e. The fourth-order valence-electron chi connectivity index (χ4n) is 5.78. The summed E-state index contributed by atoms with van der Waals surface area (Å²) in [6.07, 6.45) is 6.42. The van der Waals surface area contributed by atoms with Crippen LogP contribution >= 0.6 is 0 Å². The van der Waals surface area contributed by atoms with Crippen molar-refractivity contribution in [2.24, 2.45) is 11.8 Å². The second kappa shape index (κ2) is 10.6. The number of nitrogens with zero attached hydrogens (tertiary/aromatic N) is 3. The lowest BCUT2D eigenvalue weighted by atomic mass is 9.86. The van der Waals surface area contributed by atoms with E-state index in [2.05, 4.69) is 22.1 Å².